The van der Waals surface area contributed by atoms with Gasteiger partial charge < -0.3 is 15.8 Å². The summed E-state index contributed by atoms with van der Waals surface area (Å²) >= 11 is 0. The van der Waals surface area contributed by atoms with E-state index < -0.39 is 11.8 Å². The predicted octanol–water partition coefficient (Wildman–Crippen LogP) is -0.911. The normalized spacial score (nSPS) is 26.1. The third kappa shape index (κ3) is 3.43. The van der Waals surface area contributed by atoms with Crippen LogP contribution in [0, 0.1) is 5.92 Å². The van der Waals surface area contributed by atoms with Crippen LogP contribution in [0.2, 0.25) is 0 Å². The number of carbonyl (C=O) groups excluding carboxylic acids is 2. The summed E-state index contributed by atoms with van der Waals surface area (Å²) in [7, 11) is 0. The molecule has 0 unspecified atom stereocenters. The van der Waals surface area contributed by atoms with Crippen molar-refractivity contribution in [1.82, 2.24) is 10.2 Å². The second-order valence-corrected chi connectivity index (χ2v) is 5.07. The first-order valence-corrected chi connectivity index (χ1v) is 6.56. The van der Waals surface area contributed by atoms with Crippen molar-refractivity contribution in [3.05, 3.63) is 0 Å². The lowest BCUT2D eigenvalue weighted by molar-refractivity contribution is -0.137. The van der Waals surface area contributed by atoms with Gasteiger partial charge in [-0.15, -0.1) is 0 Å². The Kier molecular flexibility index (Phi) is 4.54. The van der Waals surface area contributed by atoms with Crippen LogP contribution in [0.3, 0.4) is 0 Å². The number of amides is 2. The van der Waals surface area contributed by atoms with Crippen molar-refractivity contribution in [1.29, 1.82) is 0 Å². The Morgan fingerprint density at radius 3 is 2.56 bits per heavy atom. The topological polar surface area (TPSA) is 84.7 Å². The Labute approximate surface area is 107 Å². The quantitative estimate of drug-likeness (QED) is 0.639. The van der Waals surface area contributed by atoms with Crippen molar-refractivity contribution < 1.29 is 14.3 Å². The SMILES string of the molecule is NC(=O)C(=O)NCC1CCN([C@H]2CCOC2)CC1. The van der Waals surface area contributed by atoms with Crippen LogP contribution in [-0.4, -0.2) is 55.6 Å². The molecule has 2 saturated heterocycles. The molecule has 2 aliphatic rings. The molecule has 6 heteroatoms. The average molecular weight is 255 g/mol. The Balaban J connectivity index is 1.67. The minimum absolute atomic E-state index is 0.451. The van der Waals surface area contributed by atoms with E-state index in [4.69, 9.17) is 10.5 Å². The van der Waals surface area contributed by atoms with Crippen LogP contribution in [-0.2, 0) is 14.3 Å². The predicted molar refractivity (Wildman–Crippen MR) is 65.7 cm³/mol. The fourth-order valence-corrected chi connectivity index (χ4v) is 2.66. The fourth-order valence-electron chi connectivity index (χ4n) is 2.66. The second-order valence-electron chi connectivity index (χ2n) is 5.07. The molecule has 0 aromatic heterocycles. The lowest BCUT2D eigenvalue weighted by Gasteiger charge is -2.35. The van der Waals surface area contributed by atoms with Gasteiger partial charge in [0.05, 0.1) is 6.61 Å². The number of primary amides is 1. The molecule has 1 atom stereocenters. The minimum atomic E-state index is -0.907. The van der Waals surface area contributed by atoms with E-state index in [0.717, 1.165) is 45.6 Å². The highest BCUT2D eigenvalue weighted by atomic mass is 16.5. The highest BCUT2D eigenvalue weighted by Crippen LogP contribution is 2.21. The molecule has 18 heavy (non-hydrogen) atoms. The van der Waals surface area contributed by atoms with Gasteiger partial charge in [0, 0.05) is 19.2 Å². The smallest absolute Gasteiger partial charge is 0.309 e. The molecule has 0 saturated carbocycles. The number of nitrogens with one attached hydrogen (secondary N) is 1. The van der Waals surface area contributed by atoms with Crippen LogP contribution < -0.4 is 11.1 Å². The zero-order valence-electron chi connectivity index (χ0n) is 10.6. The van der Waals surface area contributed by atoms with Crippen LogP contribution >= 0.6 is 0 Å². The maximum atomic E-state index is 11.0. The van der Waals surface area contributed by atoms with E-state index in [1.165, 1.54) is 0 Å². The number of hydrogen-bond acceptors (Lipinski definition) is 4. The van der Waals surface area contributed by atoms with Gasteiger partial charge in [-0.1, -0.05) is 0 Å². The van der Waals surface area contributed by atoms with Crippen molar-refractivity contribution in [3.8, 4) is 0 Å². The Morgan fingerprint density at radius 1 is 1.28 bits per heavy atom. The molecule has 2 fully saturated rings. The Bertz CT molecular complexity index is 308. The van der Waals surface area contributed by atoms with E-state index in [9.17, 15) is 9.59 Å². The van der Waals surface area contributed by atoms with E-state index in [2.05, 4.69) is 10.2 Å². The maximum Gasteiger partial charge on any atom is 0.309 e. The molecule has 0 spiro atoms. The number of rotatable bonds is 3. The summed E-state index contributed by atoms with van der Waals surface area (Å²) in [5, 5.41) is 2.58. The largest absolute Gasteiger partial charge is 0.380 e. The van der Waals surface area contributed by atoms with Crippen molar-refractivity contribution in [2.75, 3.05) is 32.8 Å². The van der Waals surface area contributed by atoms with Gasteiger partial charge in [0.15, 0.2) is 0 Å². The van der Waals surface area contributed by atoms with Crippen molar-refractivity contribution in [2.24, 2.45) is 11.7 Å². The second kappa shape index (κ2) is 6.15. The van der Waals surface area contributed by atoms with Gasteiger partial charge in [0.25, 0.3) is 0 Å². The lowest BCUT2D eigenvalue weighted by Crippen LogP contribution is -2.45. The number of nitrogens with two attached hydrogens (primary N) is 1. The molecule has 3 N–H and O–H groups in total. The highest BCUT2D eigenvalue weighted by Gasteiger charge is 2.27. The van der Waals surface area contributed by atoms with Gasteiger partial charge in [-0.05, 0) is 38.3 Å². The van der Waals surface area contributed by atoms with Crippen LogP contribution in [0.1, 0.15) is 19.3 Å². The molecule has 102 valence electrons. The van der Waals surface area contributed by atoms with Gasteiger partial charge >= 0.3 is 11.8 Å². The minimum Gasteiger partial charge on any atom is -0.380 e. The summed E-state index contributed by atoms with van der Waals surface area (Å²) in [6.45, 7) is 4.37. The Hall–Kier alpha value is -1.14. The molecule has 2 amide bonds. The number of hydrogen-bond donors (Lipinski definition) is 2. The number of piperidine rings is 1. The van der Waals surface area contributed by atoms with Crippen LogP contribution in [0.25, 0.3) is 0 Å². The molecule has 0 aliphatic carbocycles. The number of nitrogens with zero attached hydrogens (tertiary/aromatic N) is 1. The van der Waals surface area contributed by atoms with E-state index in [1.807, 2.05) is 0 Å². The summed E-state index contributed by atoms with van der Waals surface area (Å²) in [4.78, 5) is 24.1. The standard InChI is InChI=1S/C12H21N3O3/c13-11(16)12(17)14-7-9-1-4-15(5-2-9)10-3-6-18-8-10/h9-10H,1-8H2,(H2,13,16)(H,14,17)/t10-/m0/s1. The van der Waals surface area contributed by atoms with Crippen molar-refractivity contribution in [2.45, 2.75) is 25.3 Å². The summed E-state index contributed by atoms with van der Waals surface area (Å²) in [5.74, 6) is -1.14. The van der Waals surface area contributed by atoms with Crippen LogP contribution in [0.5, 0.6) is 0 Å². The summed E-state index contributed by atoms with van der Waals surface area (Å²) in [5.41, 5.74) is 4.88. The van der Waals surface area contributed by atoms with E-state index >= 15 is 0 Å². The van der Waals surface area contributed by atoms with Gasteiger partial charge in [0.1, 0.15) is 0 Å². The molecule has 2 rings (SSSR count). The zero-order chi connectivity index (χ0) is 13.0. The molecule has 0 aromatic carbocycles. The van der Waals surface area contributed by atoms with Crippen molar-refractivity contribution >= 4 is 11.8 Å². The lowest BCUT2D eigenvalue weighted by atomic mass is 9.95. The van der Waals surface area contributed by atoms with Gasteiger partial charge in [0.2, 0.25) is 0 Å². The van der Waals surface area contributed by atoms with Crippen LogP contribution in [0.15, 0.2) is 0 Å². The highest BCUT2D eigenvalue weighted by molar-refractivity contribution is 6.34. The molecule has 2 heterocycles. The first-order valence-electron chi connectivity index (χ1n) is 6.56. The summed E-state index contributed by atoms with van der Waals surface area (Å²) in [6.07, 6.45) is 3.23. The van der Waals surface area contributed by atoms with Crippen LogP contribution in [0.4, 0.5) is 0 Å². The van der Waals surface area contributed by atoms with E-state index in [0.29, 0.717) is 18.5 Å². The average Bonchev–Trinajstić information content (AvgIpc) is 2.90. The number of carbonyl (C=O) groups is 2. The zero-order valence-corrected chi connectivity index (χ0v) is 10.6. The number of ether oxygens (including phenoxy) is 1. The first kappa shape index (κ1) is 13.3. The number of likely N-dealkylation sites (tertiary alicyclic amines) is 1. The van der Waals surface area contributed by atoms with E-state index in [-0.39, 0.29) is 0 Å². The third-order valence-electron chi connectivity index (χ3n) is 3.85. The van der Waals surface area contributed by atoms with Gasteiger partial charge in [-0.3, -0.25) is 14.5 Å². The van der Waals surface area contributed by atoms with Gasteiger partial charge in [-0.2, -0.15) is 0 Å². The molecular formula is C12H21N3O3. The molecule has 0 aromatic rings. The molecule has 6 nitrogen and oxygen atoms in total. The summed E-state index contributed by atoms with van der Waals surface area (Å²) < 4.78 is 5.39. The molecule has 0 radical (unpaired) electrons. The first-order chi connectivity index (χ1) is 8.66. The molecule has 2 aliphatic heterocycles. The molecule has 0 bridgehead atoms. The van der Waals surface area contributed by atoms with Gasteiger partial charge in [-0.25, -0.2) is 0 Å². The monoisotopic (exact) mass is 255 g/mol. The molecular weight excluding hydrogens is 234 g/mol. The van der Waals surface area contributed by atoms with E-state index in [1.54, 1.807) is 0 Å². The van der Waals surface area contributed by atoms with Crippen molar-refractivity contribution in [3.63, 3.8) is 0 Å². The summed E-state index contributed by atoms with van der Waals surface area (Å²) in [6, 6.07) is 0.575. The third-order valence-corrected chi connectivity index (χ3v) is 3.85. The Morgan fingerprint density at radius 2 is 2.00 bits per heavy atom. The fraction of sp³-hybridized carbons (Fsp3) is 0.833. The maximum absolute atomic E-state index is 11.0.